The normalized spacial score (nSPS) is 12.4. The highest BCUT2D eigenvalue weighted by Crippen LogP contribution is 2.04. The summed E-state index contributed by atoms with van der Waals surface area (Å²) in [5.74, 6) is -1.21. The molecule has 1 aromatic heterocycles. The van der Waals surface area contributed by atoms with Gasteiger partial charge in [0.2, 0.25) is 5.91 Å². The Morgan fingerprint density at radius 1 is 1.47 bits per heavy atom. The van der Waals surface area contributed by atoms with Gasteiger partial charge in [-0.2, -0.15) is 5.10 Å². The minimum atomic E-state index is -1.02. The molecule has 7 heteroatoms. The minimum Gasteiger partial charge on any atom is -0.480 e. The van der Waals surface area contributed by atoms with E-state index in [1.807, 2.05) is 13.8 Å². The maximum Gasteiger partial charge on any atom is 0.326 e. The first kappa shape index (κ1) is 13.1. The third-order valence-corrected chi connectivity index (χ3v) is 2.11. The second-order valence-electron chi connectivity index (χ2n) is 4.18. The molecule has 0 aliphatic rings. The largest absolute Gasteiger partial charge is 0.480 e. The number of nitrogens with zero attached hydrogens (tertiary/aromatic N) is 3. The van der Waals surface area contributed by atoms with Gasteiger partial charge in [0.1, 0.15) is 25.2 Å². The first-order valence-corrected chi connectivity index (χ1v) is 5.33. The van der Waals surface area contributed by atoms with Crippen LogP contribution in [0, 0.1) is 5.92 Å². The maximum absolute atomic E-state index is 11.5. The molecule has 2 N–H and O–H groups in total. The summed E-state index contributed by atoms with van der Waals surface area (Å²) in [4.78, 5) is 26.2. The SMILES string of the molecule is CC(C)C[C@H](NC(=O)Cn1cncn1)C(=O)O. The Labute approximate surface area is 98.8 Å². The molecule has 1 heterocycles. The zero-order chi connectivity index (χ0) is 12.8. The second-order valence-corrected chi connectivity index (χ2v) is 4.18. The molecule has 0 fully saturated rings. The van der Waals surface area contributed by atoms with E-state index in [2.05, 4.69) is 15.4 Å². The van der Waals surface area contributed by atoms with Gasteiger partial charge in [0.15, 0.2) is 0 Å². The number of amides is 1. The number of hydrogen-bond donors (Lipinski definition) is 2. The minimum absolute atomic E-state index is 0.0259. The Morgan fingerprint density at radius 2 is 2.18 bits per heavy atom. The first-order valence-electron chi connectivity index (χ1n) is 5.33. The lowest BCUT2D eigenvalue weighted by Crippen LogP contribution is -2.43. The van der Waals surface area contributed by atoms with Crippen LogP contribution in [0.3, 0.4) is 0 Å². The number of rotatable bonds is 6. The summed E-state index contributed by atoms with van der Waals surface area (Å²) in [6, 6.07) is -0.856. The summed E-state index contributed by atoms with van der Waals surface area (Å²) in [6.07, 6.45) is 3.12. The zero-order valence-electron chi connectivity index (χ0n) is 9.83. The highest BCUT2D eigenvalue weighted by molar-refractivity contribution is 5.83. The van der Waals surface area contributed by atoms with Crippen LogP contribution in [0.5, 0.6) is 0 Å². The Kier molecular flexibility index (Phi) is 4.62. The van der Waals surface area contributed by atoms with Crippen molar-refractivity contribution in [1.82, 2.24) is 20.1 Å². The molecule has 0 aliphatic carbocycles. The maximum atomic E-state index is 11.5. The Hall–Kier alpha value is -1.92. The highest BCUT2D eigenvalue weighted by atomic mass is 16.4. The van der Waals surface area contributed by atoms with E-state index in [1.54, 1.807) is 0 Å². The van der Waals surface area contributed by atoms with Crippen LogP contribution in [0.25, 0.3) is 0 Å². The molecule has 1 amide bonds. The lowest BCUT2D eigenvalue weighted by Gasteiger charge is -2.16. The summed E-state index contributed by atoms with van der Waals surface area (Å²) in [7, 11) is 0. The molecule has 1 rings (SSSR count). The summed E-state index contributed by atoms with van der Waals surface area (Å²) in [6.45, 7) is 3.78. The molecule has 0 aliphatic heterocycles. The van der Waals surface area contributed by atoms with Crippen molar-refractivity contribution in [1.29, 1.82) is 0 Å². The fraction of sp³-hybridized carbons (Fsp3) is 0.600. The van der Waals surface area contributed by atoms with Crippen LogP contribution in [-0.4, -0.2) is 37.8 Å². The zero-order valence-corrected chi connectivity index (χ0v) is 9.83. The summed E-state index contributed by atoms with van der Waals surface area (Å²) in [5, 5.41) is 15.2. The Morgan fingerprint density at radius 3 is 2.65 bits per heavy atom. The average Bonchev–Trinajstić information content (AvgIpc) is 2.68. The van der Waals surface area contributed by atoms with E-state index in [0.717, 1.165) is 0 Å². The van der Waals surface area contributed by atoms with Gasteiger partial charge in [0.25, 0.3) is 0 Å². The van der Waals surface area contributed by atoms with E-state index in [1.165, 1.54) is 17.3 Å². The van der Waals surface area contributed by atoms with Gasteiger partial charge in [-0.1, -0.05) is 13.8 Å². The second kappa shape index (κ2) is 5.97. The lowest BCUT2D eigenvalue weighted by atomic mass is 10.0. The monoisotopic (exact) mass is 240 g/mol. The number of aromatic nitrogens is 3. The standard InChI is InChI=1S/C10H16N4O3/c1-7(2)3-8(10(16)17)13-9(15)4-14-6-11-5-12-14/h5-8H,3-4H2,1-2H3,(H,13,15)(H,16,17)/t8-/m0/s1. The molecule has 0 bridgehead atoms. The fourth-order valence-electron chi connectivity index (χ4n) is 1.39. The van der Waals surface area contributed by atoms with Gasteiger partial charge in [-0.05, 0) is 12.3 Å². The number of carbonyl (C=O) groups is 2. The van der Waals surface area contributed by atoms with Crippen molar-refractivity contribution in [2.45, 2.75) is 32.9 Å². The van der Waals surface area contributed by atoms with Crippen molar-refractivity contribution < 1.29 is 14.7 Å². The van der Waals surface area contributed by atoms with Crippen molar-refractivity contribution >= 4 is 11.9 Å². The topological polar surface area (TPSA) is 97.1 Å². The molecule has 0 saturated carbocycles. The number of nitrogens with one attached hydrogen (secondary N) is 1. The van der Waals surface area contributed by atoms with E-state index in [0.29, 0.717) is 6.42 Å². The Balaban J connectivity index is 2.49. The van der Waals surface area contributed by atoms with Crippen LogP contribution in [0.15, 0.2) is 12.7 Å². The molecule has 94 valence electrons. The van der Waals surface area contributed by atoms with Crippen molar-refractivity contribution in [3.05, 3.63) is 12.7 Å². The van der Waals surface area contributed by atoms with E-state index < -0.39 is 12.0 Å². The number of carboxylic acids is 1. The number of aliphatic carboxylic acids is 1. The first-order chi connectivity index (χ1) is 7.99. The van der Waals surface area contributed by atoms with Crippen molar-refractivity contribution in [3.63, 3.8) is 0 Å². The third kappa shape index (κ3) is 4.62. The van der Waals surface area contributed by atoms with Crippen molar-refractivity contribution in [2.75, 3.05) is 0 Å². The molecule has 0 unspecified atom stereocenters. The average molecular weight is 240 g/mol. The molecule has 1 aromatic rings. The van der Waals surface area contributed by atoms with Gasteiger partial charge in [-0.25, -0.2) is 14.5 Å². The van der Waals surface area contributed by atoms with Crippen molar-refractivity contribution in [2.24, 2.45) is 5.92 Å². The number of carbonyl (C=O) groups excluding carboxylic acids is 1. The predicted molar refractivity (Wildman–Crippen MR) is 59.0 cm³/mol. The lowest BCUT2D eigenvalue weighted by molar-refractivity contribution is -0.142. The van der Waals surface area contributed by atoms with E-state index in [-0.39, 0.29) is 18.4 Å². The van der Waals surface area contributed by atoms with Crippen LogP contribution in [0.1, 0.15) is 20.3 Å². The molecule has 7 nitrogen and oxygen atoms in total. The molecular formula is C10H16N4O3. The number of carboxylic acid groups (broad SMARTS) is 1. The van der Waals surface area contributed by atoms with E-state index in [4.69, 9.17) is 5.11 Å². The Bertz CT molecular complexity index is 375. The fourth-order valence-corrected chi connectivity index (χ4v) is 1.39. The van der Waals surface area contributed by atoms with Gasteiger partial charge in [0.05, 0.1) is 0 Å². The van der Waals surface area contributed by atoms with Gasteiger partial charge in [0, 0.05) is 0 Å². The quantitative estimate of drug-likeness (QED) is 0.723. The van der Waals surface area contributed by atoms with Crippen molar-refractivity contribution in [3.8, 4) is 0 Å². The highest BCUT2D eigenvalue weighted by Gasteiger charge is 2.21. The molecular weight excluding hydrogens is 224 g/mol. The molecule has 0 aromatic carbocycles. The van der Waals surface area contributed by atoms with Gasteiger partial charge < -0.3 is 10.4 Å². The molecule has 0 saturated heterocycles. The third-order valence-electron chi connectivity index (χ3n) is 2.11. The van der Waals surface area contributed by atoms with Crippen LogP contribution in [0.4, 0.5) is 0 Å². The van der Waals surface area contributed by atoms with Crippen LogP contribution < -0.4 is 5.32 Å². The summed E-state index contributed by atoms with van der Waals surface area (Å²) in [5.41, 5.74) is 0. The van der Waals surface area contributed by atoms with Crippen LogP contribution in [0.2, 0.25) is 0 Å². The summed E-state index contributed by atoms with van der Waals surface area (Å²) < 4.78 is 1.34. The van der Waals surface area contributed by atoms with Gasteiger partial charge in [-0.15, -0.1) is 0 Å². The van der Waals surface area contributed by atoms with E-state index in [9.17, 15) is 9.59 Å². The molecule has 1 atom stereocenters. The van der Waals surface area contributed by atoms with Gasteiger partial charge >= 0.3 is 5.97 Å². The smallest absolute Gasteiger partial charge is 0.326 e. The van der Waals surface area contributed by atoms with E-state index >= 15 is 0 Å². The summed E-state index contributed by atoms with van der Waals surface area (Å²) >= 11 is 0. The van der Waals surface area contributed by atoms with Crippen LogP contribution >= 0.6 is 0 Å². The van der Waals surface area contributed by atoms with Gasteiger partial charge in [-0.3, -0.25) is 4.79 Å². The predicted octanol–water partition coefficient (Wildman–Crippen LogP) is -0.106. The molecule has 0 radical (unpaired) electrons. The molecule has 17 heavy (non-hydrogen) atoms. The van der Waals surface area contributed by atoms with Crippen LogP contribution in [-0.2, 0) is 16.1 Å². The molecule has 0 spiro atoms. The number of hydrogen-bond acceptors (Lipinski definition) is 4.